The van der Waals surface area contributed by atoms with Crippen LogP contribution in [0.4, 0.5) is 0 Å². The normalized spacial score (nSPS) is 20.1. The molecular formula is C14H22N2O. The second-order valence-electron chi connectivity index (χ2n) is 5.74. The first-order chi connectivity index (χ1) is 7.97. The van der Waals surface area contributed by atoms with Crippen LogP contribution in [0.1, 0.15) is 37.9 Å². The van der Waals surface area contributed by atoms with Gasteiger partial charge in [0.15, 0.2) is 0 Å². The molecule has 0 radical (unpaired) electrons. The van der Waals surface area contributed by atoms with E-state index in [-0.39, 0.29) is 11.6 Å². The van der Waals surface area contributed by atoms with E-state index in [9.17, 15) is 5.11 Å². The highest BCUT2D eigenvalue weighted by Crippen LogP contribution is 2.30. The Balaban J connectivity index is 2.17. The number of phenolic OH excluding ortho intramolecular Hbond substituents is 1. The van der Waals surface area contributed by atoms with E-state index in [0.29, 0.717) is 5.75 Å². The smallest absolute Gasteiger partial charge is 0.120 e. The van der Waals surface area contributed by atoms with E-state index in [1.54, 1.807) is 6.07 Å². The molecular weight excluding hydrogens is 212 g/mol. The van der Waals surface area contributed by atoms with Gasteiger partial charge in [0.05, 0.1) is 0 Å². The van der Waals surface area contributed by atoms with Crippen LogP contribution in [-0.2, 0) is 6.42 Å². The van der Waals surface area contributed by atoms with Gasteiger partial charge in [-0.1, -0.05) is 12.1 Å². The van der Waals surface area contributed by atoms with Crippen molar-refractivity contribution >= 4 is 0 Å². The first kappa shape index (κ1) is 12.4. The van der Waals surface area contributed by atoms with E-state index in [0.717, 1.165) is 25.1 Å². The number of rotatable bonds is 2. The van der Waals surface area contributed by atoms with Crippen molar-refractivity contribution < 1.29 is 5.11 Å². The van der Waals surface area contributed by atoms with Crippen LogP contribution < -0.4 is 10.6 Å². The third-order valence-electron chi connectivity index (χ3n) is 3.14. The van der Waals surface area contributed by atoms with Gasteiger partial charge in [-0.2, -0.15) is 0 Å². The standard InChI is InChI=1S/C14H22N2O/c1-14(2,3)16-9-11-13-10(7-8-15-11)5-4-6-12(13)17/h4-6,11,15-17H,7-9H2,1-3H3. The van der Waals surface area contributed by atoms with Crippen molar-refractivity contribution in [3.8, 4) is 5.75 Å². The molecule has 2 rings (SSSR count). The van der Waals surface area contributed by atoms with Crippen LogP contribution in [0.2, 0.25) is 0 Å². The molecule has 1 aliphatic rings. The van der Waals surface area contributed by atoms with Crippen LogP contribution >= 0.6 is 0 Å². The summed E-state index contributed by atoms with van der Waals surface area (Å²) in [4.78, 5) is 0. The number of hydrogen-bond acceptors (Lipinski definition) is 3. The zero-order valence-corrected chi connectivity index (χ0v) is 10.9. The molecule has 3 nitrogen and oxygen atoms in total. The van der Waals surface area contributed by atoms with Crippen LogP contribution in [0, 0.1) is 0 Å². The Kier molecular flexibility index (Phi) is 3.40. The Hall–Kier alpha value is -1.06. The van der Waals surface area contributed by atoms with Crippen molar-refractivity contribution in [3.05, 3.63) is 29.3 Å². The van der Waals surface area contributed by atoms with Crippen molar-refractivity contribution in [1.82, 2.24) is 10.6 Å². The molecule has 1 unspecified atom stereocenters. The highest BCUT2D eigenvalue weighted by molar-refractivity contribution is 5.43. The van der Waals surface area contributed by atoms with E-state index in [1.807, 2.05) is 6.07 Å². The monoisotopic (exact) mass is 234 g/mol. The van der Waals surface area contributed by atoms with Crippen molar-refractivity contribution in [2.45, 2.75) is 38.8 Å². The maximum absolute atomic E-state index is 9.99. The number of nitrogens with one attached hydrogen (secondary N) is 2. The van der Waals surface area contributed by atoms with E-state index in [1.165, 1.54) is 5.56 Å². The minimum Gasteiger partial charge on any atom is -0.508 e. The van der Waals surface area contributed by atoms with Crippen molar-refractivity contribution in [2.24, 2.45) is 0 Å². The summed E-state index contributed by atoms with van der Waals surface area (Å²) < 4.78 is 0. The molecule has 0 saturated heterocycles. The van der Waals surface area contributed by atoms with Gasteiger partial charge in [0.25, 0.3) is 0 Å². The SMILES string of the molecule is CC(C)(C)NCC1NCCc2cccc(O)c21. The predicted octanol–water partition coefficient (Wildman–Crippen LogP) is 1.97. The summed E-state index contributed by atoms with van der Waals surface area (Å²) in [6.07, 6.45) is 0.996. The molecule has 3 heteroatoms. The molecule has 1 aromatic carbocycles. The van der Waals surface area contributed by atoms with Crippen molar-refractivity contribution in [1.29, 1.82) is 0 Å². The molecule has 94 valence electrons. The minimum absolute atomic E-state index is 0.101. The van der Waals surface area contributed by atoms with Gasteiger partial charge in [-0.25, -0.2) is 0 Å². The third kappa shape index (κ3) is 2.99. The predicted molar refractivity (Wildman–Crippen MR) is 70.3 cm³/mol. The topological polar surface area (TPSA) is 44.3 Å². The molecule has 0 fully saturated rings. The maximum atomic E-state index is 9.99. The zero-order chi connectivity index (χ0) is 12.5. The Labute approximate surface area is 103 Å². The van der Waals surface area contributed by atoms with Gasteiger partial charge < -0.3 is 15.7 Å². The molecule has 1 atom stereocenters. The number of hydrogen-bond donors (Lipinski definition) is 3. The molecule has 0 aliphatic carbocycles. The molecule has 3 N–H and O–H groups in total. The average molecular weight is 234 g/mol. The van der Waals surface area contributed by atoms with Crippen LogP contribution in [0.15, 0.2) is 18.2 Å². The fraction of sp³-hybridized carbons (Fsp3) is 0.571. The number of benzene rings is 1. The summed E-state index contributed by atoms with van der Waals surface area (Å²) in [5, 5.41) is 16.9. The number of aromatic hydroxyl groups is 1. The quantitative estimate of drug-likeness (QED) is 0.733. The molecule has 0 bridgehead atoms. The highest BCUT2D eigenvalue weighted by atomic mass is 16.3. The molecule has 1 aromatic rings. The summed E-state index contributed by atoms with van der Waals surface area (Å²) in [6.45, 7) is 8.28. The average Bonchev–Trinajstić information content (AvgIpc) is 2.25. The Morgan fingerprint density at radius 2 is 2.18 bits per heavy atom. The second kappa shape index (κ2) is 4.67. The van der Waals surface area contributed by atoms with Gasteiger partial charge in [0, 0.05) is 23.7 Å². The molecule has 1 heterocycles. The van der Waals surface area contributed by atoms with Crippen molar-refractivity contribution in [3.63, 3.8) is 0 Å². The number of phenols is 1. The largest absolute Gasteiger partial charge is 0.508 e. The summed E-state index contributed by atoms with van der Waals surface area (Å²) in [5.74, 6) is 0.412. The van der Waals surface area contributed by atoms with Crippen LogP contribution in [0.5, 0.6) is 5.75 Å². The lowest BCUT2D eigenvalue weighted by Crippen LogP contribution is -2.43. The van der Waals surface area contributed by atoms with Gasteiger partial charge in [0.1, 0.15) is 5.75 Å². The molecule has 1 aliphatic heterocycles. The van der Waals surface area contributed by atoms with Gasteiger partial charge in [-0.05, 0) is 45.4 Å². The molecule has 0 saturated carbocycles. The third-order valence-corrected chi connectivity index (χ3v) is 3.14. The lowest BCUT2D eigenvalue weighted by molar-refractivity contribution is 0.364. The van der Waals surface area contributed by atoms with Gasteiger partial charge in [-0.15, -0.1) is 0 Å². The molecule has 17 heavy (non-hydrogen) atoms. The second-order valence-corrected chi connectivity index (χ2v) is 5.74. The molecule has 0 amide bonds. The summed E-state index contributed by atoms with van der Waals surface area (Å²) in [5.41, 5.74) is 2.43. The van der Waals surface area contributed by atoms with Gasteiger partial charge >= 0.3 is 0 Å². The van der Waals surface area contributed by atoms with Gasteiger partial charge in [-0.3, -0.25) is 0 Å². The van der Waals surface area contributed by atoms with Gasteiger partial charge in [0.2, 0.25) is 0 Å². The lowest BCUT2D eigenvalue weighted by Gasteiger charge is -2.31. The fourth-order valence-corrected chi connectivity index (χ4v) is 2.29. The minimum atomic E-state index is 0.101. The molecule has 0 spiro atoms. The van der Waals surface area contributed by atoms with Crippen LogP contribution in [-0.4, -0.2) is 23.7 Å². The molecule has 0 aromatic heterocycles. The Morgan fingerprint density at radius 1 is 1.41 bits per heavy atom. The summed E-state index contributed by atoms with van der Waals surface area (Å²) in [6, 6.07) is 6.02. The van der Waals surface area contributed by atoms with E-state index in [2.05, 4.69) is 37.5 Å². The summed E-state index contributed by atoms with van der Waals surface area (Å²) in [7, 11) is 0. The fourth-order valence-electron chi connectivity index (χ4n) is 2.29. The Bertz CT molecular complexity index is 396. The van der Waals surface area contributed by atoms with E-state index >= 15 is 0 Å². The van der Waals surface area contributed by atoms with Crippen LogP contribution in [0.3, 0.4) is 0 Å². The van der Waals surface area contributed by atoms with Crippen LogP contribution in [0.25, 0.3) is 0 Å². The number of fused-ring (bicyclic) bond motifs is 1. The van der Waals surface area contributed by atoms with E-state index < -0.39 is 0 Å². The zero-order valence-electron chi connectivity index (χ0n) is 10.9. The lowest BCUT2D eigenvalue weighted by atomic mass is 9.93. The summed E-state index contributed by atoms with van der Waals surface area (Å²) >= 11 is 0. The first-order valence-electron chi connectivity index (χ1n) is 6.26. The maximum Gasteiger partial charge on any atom is 0.120 e. The highest BCUT2D eigenvalue weighted by Gasteiger charge is 2.23. The van der Waals surface area contributed by atoms with Crippen molar-refractivity contribution in [2.75, 3.05) is 13.1 Å². The Morgan fingerprint density at radius 3 is 2.88 bits per heavy atom. The van der Waals surface area contributed by atoms with E-state index in [4.69, 9.17) is 0 Å². The first-order valence-corrected chi connectivity index (χ1v) is 6.26.